The van der Waals surface area contributed by atoms with Crippen molar-refractivity contribution in [2.75, 3.05) is 5.32 Å². The molecule has 0 aliphatic carbocycles. The number of anilines is 1. The number of aliphatic carboxylic acids is 1. The third-order valence-corrected chi connectivity index (χ3v) is 4.53. The zero-order valence-electron chi connectivity index (χ0n) is 12.5. The summed E-state index contributed by atoms with van der Waals surface area (Å²) in [5.74, 6) is 0.0207. The Morgan fingerprint density at radius 2 is 2.05 bits per heavy atom. The number of thiophene rings is 1. The van der Waals surface area contributed by atoms with Crippen LogP contribution in [0.5, 0.6) is 0 Å². The summed E-state index contributed by atoms with van der Waals surface area (Å²) >= 11 is 1.57. The van der Waals surface area contributed by atoms with Gasteiger partial charge in [-0.15, -0.1) is 11.3 Å². The van der Waals surface area contributed by atoms with Crippen molar-refractivity contribution >= 4 is 33.3 Å². The molecule has 2 atom stereocenters. The van der Waals surface area contributed by atoms with E-state index < -0.39 is 18.1 Å². The number of aliphatic hydroxyl groups is 1. The normalized spacial score (nSPS) is 14.1. The average Bonchev–Trinajstić information content (AvgIpc) is 2.70. The van der Waals surface area contributed by atoms with Crippen LogP contribution < -0.4 is 5.32 Å². The fourth-order valence-corrected chi connectivity index (χ4v) is 3.14. The van der Waals surface area contributed by atoms with Gasteiger partial charge in [0.1, 0.15) is 16.5 Å². The van der Waals surface area contributed by atoms with Crippen LogP contribution in [-0.4, -0.2) is 38.3 Å². The van der Waals surface area contributed by atoms with Gasteiger partial charge in [-0.1, -0.05) is 6.92 Å². The second-order valence-corrected chi connectivity index (χ2v) is 6.21. The maximum absolute atomic E-state index is 11.3. The fraction of sp³-hybridized carbons (Fsp3) is 0.500. The lowest BCUT2D eigenvalue weighted by Gasteiger charge is -2.18. The van der Waals surface area contributed by atoms with Crippen LogP contribution >= 0.6 is 11.3 Å². The number of carboxylic acids is 1. The highest BCUT2D eigenvalue weighted by Crippen LogP contribution is 2.33. The summed E-state index contributed by atoms with van der Waals surface area (Å²) < 4.78 is 0. The molecule has 0 aliphatic rings. The molecule has 21 heavy (non-hydrogen) atoms. The number of aliphatic hydroxyl groups excluding tert-OH is 1. The SMILES string of the molecule is CCc1nc(NC(C(=O)O)C(C)O)c2c(C)c(C)sc2n1. The molecule has 2 aromatic rings. The fourth-order valence-electron chi connectivity index (χ4n) is 2.09. The van der Waals surface area contributed by atoms with Gasteiger partial charge in [0, 0.05) is 11.3 Å². The summed E-state index contributed by atoms with van der Waals surface area (Å²) in [6, 6.07) is -1.10. The minimum atomic E-state index is -1.11. The summed E-state index contributed by atoms with van der Waals surface area (Å²) in [4.78, 5) is 22.1. The Kier molecular flexibility index (Phi) is 4.43. The lowest BCUT2D eigenvalue weighted by Crippen LogP contribution is -2.39. The first-order valence-corrected chi connectivity index (χ1v) is 7.60. The molecule has 2 unspecified atom stereocenters. The van der Waals surface area contributed by atoms with Gasteiger partial charge in [-0.25, -0.2) is 14.8 Å². The number of hydrogen-bond donors (Lipinski definition) is 3. The smallest absolute Gasteiger partial charge is 0.328 e. The van der Waals surface area contributed by atoms with Crippen molar-refractivity contribution in [1.29, 1.82) is 0 Å². The van der Waals surface area contributed by atoms with Crippen LogP contribution in [0.1, 0.15) is 30.1 Å². The summed E-state index contributed by atoms with van der Waals surface area (Å²) in [7, 11) is 0. The first kappa shape index (κ1) is 15.7. The molecule has 0 fully saturated rings. The second-order valence-electron chi connectivity index (χ2n) is 5.01. The minimum Gasteiger partial charge on any atom is -0.480 e. The Balaban J connectivity index is 2.58. The Labute approximate surface area is 126 Å². The maximum atomic E-state index is 11.3. The monoisotopic (exact) mass is 309 g/mol. The van der Waals surface area contributed by atoms with Gasteiger partial charge in [0.15, 0.2) is 6.04 Å². The number of hydrogen-bond acceptors (Lipinski definition) is 6. The number of carboxylic acid groups (broad SMARTS) is 1. The predicted octanol–water partition coefficient (Wildman–Crippen LogP) is 2.12. The van der Waals surface area contributed by atoms with Gasteiger partial charge in [-0.2, -0.15) is 0 Å². The van der Waals surface area contributed by atoms with Crippen LogP contribution in [0, 0.1) is 13.8 Å². The summed E-state index contributed by atoms with van der Waals surface area (Å²) in [6.07, 6.45) is -0.370. The molecule has 0 aliphatic heterocycles. The molecule has 0 saturated heterocycles. The van der Waals surface area contributed by atoms with E-state index in [1.807, 2.05) is 20.8 Å². The molecule has 114 valence electrons. The van der Waals surface area contributed by atoms with Gasteiger partial charge < -0.3 is 15.5 Å². The molecule has 0 amide bonds. The zero-order valence-corrected chi connectivity index (χ0v) is 13.3. The van der Waals surface area contributed by atoms with E-state index in [4.69, 9.17) is 0 Å². The highest BCUT2D eigenvalue weighted by molar-refractivity contribution is 7.18. The number of aryl methyl sites for hydroxylation is 3. The molecule has 3 N–H and O–H groups in total. The molecule has 0 radical (unpaired) electrons. The minimum absolute atomic E-state index is 0.479. The lowest BCUT2D eigenvalue weighted by atomic mass is 10.1. The average molecular weight is 309 g/mol. The van der Waals surface area contributed by atoms with Crippen LogP contribution in [0.15, 0.2) is 0 Å². The van der Waals surface area contributed by atoms with Crippen LogP contribution in [0.2, 0.25) is 0 Å². The van der Waals surface area contributed by atoms with E-state index in [2.05, 4.69) is 15.3 Å². The highest BCUT2D eigenvalue weighted by atomic mass is 32.1. The lowest BCUT2D eigenvalue weighted by molar-refractivity contribution is -0.140. The maximum Gasteiger partial charge on any atom is 0.328 e. The topological polar surface area (TPSA) is 95.3 Å². The summed E-state index contributed by atoms with van der Waals surface area (Å²) in [5, 5.41) is 22.5. The Bertz CT molecular complexity index is 682. The number of nitrogens with one attached hydrogen (secondary N) is 1. The first-order chi connectivity index (χ1) is 9.85. The standard InChI is InChI=1S/C14H19N3O3S/c1-5-9-15-12(17-11(7(3)18)14(19)20)10-6(2)8(4)21-13(10)16-9/h7,11,18H,5H2,1-4H3,(H,19,20)(H,15,16,17). The van der Waals surface area contributed by atoms with Crippen molar-refractivity contribution in [1.82, 2.24) is 9.97 Å². The van der Waals surface area contributed by atoms with Crippen molar-refractivity contribution in [2.45, 2.75) is 46.3 Å². The van der Waals surface area contributed by atoms with Crippen LogP contribution in [0.25, 0.3) is 10.2 Å². The van der Waals surface area contributed by atoms with Gasteiger partial charge in [0.05, 0.1) is 11.5 Å². The first-order valence-electron chi connectivity index (χ1n) is 6.79. The van der Waals surface area contributed by atoms with Crippen molar-refractivity contribution in [3.63, 3.8) is 0 Å². The number of carbonyl (C=O) groups is 1. The highest BCUT2D eigenvalue weighted by Gasteiger charge is 2.25. The second kappa shape index (κ2) is 5.95. The van der Waals surface area contributed by atoms with Gasteiger partial charge in [-0.3, -0.25) is 0 Å². The molecule has 0 bridgehead atoms. The van der Waals surface area contributed by atoms with Gasteiger partial charge in [0.25, 0.3) is 0 Å². The number of rotatable bonds is 5. The molecule has 0 saturated carbocycles. The molecular weight excluding hydrogens is 290 g/mol. The van der Waals surface area contributed by atoms with Crippen LogP contribution in [0.4, 0.5) is 5.82 Å². The Morgan fingerprint density at radius 1 is 1.38 bits per heavy atom. The number of aromatic nitrogens is 2. The Morgan fingerprint density at radius 3 is 2.57 bits per heavy atom. The van der Waals surface area contributed by atoms with E-state index in [0.717, 1.165) is 20.7 Å². The van der Waals surface area contributed by atoms with Crippen molar-refractivity contribution < 1.29 is 15.0 Å². The van der Waals surface area contributed by atoms with E-state index >= 15 is 0 Å². The van der Waals surface area contributed by atoms with E-state index in [0.29, 0.717) is 18.1 Å². The van der Waals surface area contributed by atoms with E-state index in [1.165, 1.54) is 6.92 Å². The molecule has 2 rings (SSSR count). The summed E-state index contributed by atoms with van der Waals surface area (Å²) in [6.45, 7) is 7.35. The van der Waals surface area contributed by atoms with E-state index in [-0.39, 0.29) is 0 Å². The predicted molar refractivity (Wildman–Crippen MR) is 83.0 cm³/mol. The van der Waals surface area contributed by atoms with Gasteiger partial charge >= 0.3 is 5.97 Å². The molecule has 2 heterocycles. The quantitative estimate of drug-likeness (QED) is 0.783. The number of nitrogens with zero attached hydrogens (tertiary/aromatic N) is 2. The van der Waals surface area contributed by atoms with Crippen molar-refractivity contribution in [2.24, 2.45) is 0 Å². The molecule has 6 nitrogen and oxygen atoms in total. The van der Waals surface area contributed by atoms with Crippen molar-refractivity contribution in [3.8, 4) is 0 Å². The third kappa shape index (κ3) is 2.98. The molecule has 0 spiro atoms. The molecule has 7 heteroatoms. The number of fused-ring (bicyclic) bond motifs is 1. The molecule has 2 aromatic heterocycles. The van der Waals surface area contributed by atoms with Crippen LogP contribution in [0.3, 0.4) is 0 Å². The third-order valence-electron chi connectivity index (χ3n) is 3.43. The van der Waals surface area contributed by atoms with Gasteiger partial charge in [0.2, 0.25) is 0 Å². The summed E-state index contributed by atoms with van der Waals surface area (Å²) in [5.41, 5.74) is 1.04. The van der Waals surface area contributed by atoms with Crippen LogP contribution in [-0.2, 0) is 11.2 Å². The van der Waals surface area contributed by atoms with Crippen molar-refractivity contribution in [3.05, 3.63) is 16.3 Å². The van der Waals surface area contributed by atoms with Gasteiger partial charge in [-0.05, 0) is 26.3 Å². The van der Waals surface area contributed by atoms with E-state index in [9.17, 15) is 15.0 Å². The van der Waals surface area contributed by atoms with E-state index in [1.54, 1.807) is 11.3 Å². The molecular formula is C14H19N3O3S. The Hall–Kier alpha value is -1.73. The zero-order chi connectivity index (χ0) is 15.7. The molecule has 0 aromatic carbocycles. The largest absolute Gasteiger partial charge is 0.480 e.